The summed E-state index contributed by atoms with van der Waals surface area (Å²) in [6.07, 6.45) is 0. The van der Waals surface area contributed by atoms with Crippen LogP contribution >= 0.6 is 0 Å². The number of hydrogen-bond donors (Lipinski definition) is 0. The molecule has 0 bridgehead atoms. The van der Waals surface area contributed by atoms with Crippen molar-refractivity contribution in [3.8, 4) is 61.6 Å². The molecule has 11 rings (SSSR count). The minimum atomic E-state index is 0.972. The average molecular weight is 800 g/mol. The smallest absolute Gasteiger partial charge is 0.146 e. The molecule has 2 nitrogen and oxygen atoms in total. The van der Waals surface area contributed by atoms with Gasteiger partial charge in [-0.1, -0.05) is 135 Å². The average Bonchev–Trinajstić information content (AvgIpc) is 3.86. The molecule has 1 aliphatic rings. The Labute approximate surface area is 388 Å². The molecule has 0 radical (unpaired) electrons. The second-order valence-electron chi connectivity index (χ2n) is 19.0. The molecule has 0 fully saturated rings. The van der Waals surface area contributed by atoms with Crippen molar-refractivity contribution in [2.24, 2.45) is 0 Å². The van der Waals surface area contributed by atoms with Crippen molar-refractivity contribution >= 4 is 216 Å². The first-order valence-electron chi connectivity index (χ1n) is 23.0. The number of benzene rings is 9. The summed E-state index contributed by atoms with van der Waals surface area (Å²) in [5.41, 5.74) is 32.4. The van der Waals surface area contributed by atoms with Gasteiger partial charge in [-0.2, -0.15) is 0 Å². The fourth-order valence-electron chi connectivity index (χ4n) is 11.8. The van der Waals surface area contributed by atoms with Gasteiger partial charge in [-0.3, -0.25) is 4.57 Å². The number of rotatable bonds is 4. The number of aromatic nitrogens is 2. The SMILES string of the molecule is Bc1c(B)c(B)c(-n2c(-c3ccccc3-c3c4c(B)c(B)c(B)c(B)c4c(-c4ccc5c6c(cccc46)-c4ccccc4-5)c4c(B)c(B)c(B)c(B)c34)nc3ccccc32)c(B)c1B. The molecule has 0 amide bonds. The molecule has 1 aromatic heterocycles. The zero-order chi connectivity index (χ0) is 44.8. The van der Waals surface area contributed by atoms with Crippen molar-refractivity contribution in [3.63, 3.8) is 0 Å². The van der Waals surface area contributed by atoms with Gasteiger partial charge in [0.1, 0.15) is 108 Å². The lowest BCUT2D eigenvalue weighted by Gasteiger charge is -2.29. The van der Waals surface area contributed by atoms with Crippen molar-refractivity contribution in [2.75, 3.05) is 0 Å². The predicted molar refractivity (Wildman–Crippen MR) is 321 cm³/mol. The Bertz CT molecular complexity index is 3640. The van der Waals surface area contributed by atoms with E-state index in [0.717, 1.165) is 22.4 Å². The Morgan fingerprint density at radius 2 is 0.688 bits per heavy atom. The van der Waals surface area contributed by atoms with Crippen LogP contribution in [0.2, 0.25) is 0 Å². The number of fused-ring (bicyclic) bond motifs is 6. The van der Waals surface area contributed by atoms with Crippen LogP contribution in [0.3, 0.4) is 0 Å². The van der Waals surface area contributed by atoms with E-state index in [0.29, 0.717) is 0 Å². The Morgan fingerprint density at radius 1 is 0.297 bits per heavy atom. The minimum Gasteiger partial charge on any atom is -0.294 e. The first-order valence-corrected chi connectivity index (χ1v) is 23.0. The van der Waals surface area contributed by atoms with Crippen LogP contribution in [0.25, 0.3) is 105 Å². The molecule has 0 saturated heterocycles. The van der Waals surface area contributed by atoms with Crippen LogP contribution in [0.15, 0.2) is 103 Å². The van der Waals surface area contributed by atoms with E-state index in [2.05, 4.69) is 210 Å². The zero-order valence-corrected chi connectivity index (χ0v) is 39.7. The van der Waals surface area contributed by atoms with Gasteiger partial charge in [-0.15, -0.1) is 27.3 Å². The van der Waals surface area contributed by atoms with Crippen molar-refractivity contribution in [2.45, 2.75) is 0 Å². The third-order valence-electron chi connectivity index (χ3n) is 16.4. The zero-order valence-electron chi connectivity index (χ0n) is 39.7. The maximum Gasteiger partial charge on any atom is 0.146 e. The van der Waals surface area contributed by atoms with Gasteiger partial charge in [-0.25, -0.2) is 4.98 Å². The monoisotopic (exact) mass is 802 g/mol. The van der Waals surface area contributed by atoms with Crippen molar-refractivity contribution in [3.05, 3.63) is 103 Å². The van der Waals surface area contributed by atoms with Crippen molar-refractivity contribution < 1.29 is 0 Å². The summed E-state index contributed by atoms with van der Waals surface area (Å²) in [5.74, 6) is 0.972. The Hall–Kier alpha value is -5.93. The second-order valence-corrected chi connectivity index (χ2v) is 19.0. The number of imidazole rings is 1. The van der Waals surface area contributed by atoms with E-state index in [9.17, 15) is 0 Å². The first-order chi connectivity index (χ1) is 30.7. The summed E-state index contributed by atoms with van der Waals surface area (Å²) in [5, 5.41) is 8.06. The third kappa shape index (κ3) is 5.36. The summed E-state index contributed by atoms with van der Waals surface area (Å²) < 4.78 is 2.47. The van der Waals surface area contributed by atoms with E-state index in [1.54, 1.807) is 0 Å². The summed E-state index contributed by atoms with van der Waals surface area (Å²) in [7, 11) is 30.2. The highest BCUT2D eigenvalue weighted by Crippen LogP contribution is 2.51. The molecular weight excluding hydrogens is 757 g/mol. The Kier molecular flexibility index (Phi) is 9.28. The number of hydrogen-bond acceptors (Lipinski definition) is 1. The molecule has 15 heteroatoms. The van der Waals surface area contributed by atoms with Crippen LogP contribution in [0.1, 0.15) is 0 Å². The molecule has 1 aliphatic carbocycles. The molecule has 1 heterocycles. The van der Waals surface area contributed by atoms with E-state index in [4.69, 9.17) is 4.98 Å². The molecular formula is C49H43B13N2. The topological polar surface area (TPSA) is 17.8 Å². The van der Waals surface area contributed by atoms with Gasteiger partial charge in [0, 0.05) is 11.3 Å². The molecule has 0 saturated carbocycles. The maximum atomic E-state index is 5.61. The fraction of sp³-hybridized carbons (Fsp3) is 0. The van der Waals surface area contributed by atoms with Crippen LogP contribution in [0, 0.1) is 0 Å². The Balaban J connectivity index is 1.35. The second kappa shape index (κ2) is 14.5. The summed E-state index contributed by atoms with van der Waals surface area (Å²) in [6, 6.07) is 38.6. The highest BCUT2D eigenvalue weighted by atomic mass is 15.1. The van der Waals surface area contributed by atoms with Gasteiger partial charge >= 0.3 is 0 Å². The summed E-state index contributed by atoms with van der Waals surface area (Å²) >= 11 is 0. The van der Waals surface area contributed by atoms with Crippen molar-refractivity contribution in [1.29, 1.82) is 0 Å². The lowest BCUT2D eigenvalue weighted by molar-refractivity contribution is 1.12. The van der Waals surface area contributed by atoms with Gasteiger partial charge in [0.05, 0.1) is 11.0 Å². The van der Waals surface area contributed by atoms with Crippen molar-refractivity contribution in [1.82, 2.24) is 9.55 Å². The molecule has 0 unspecified atom stereocenters. The van der Waals surface area contributed by atoms with Gasteiger partial charge in [-0.05, 0) is 89.0 Å². The van der Waals surface area contributed by atoms with Gasteiger partial charge in [0.15, 0.2) is 0 Å². The van der Waals surface area contributed by atoms with Gasteiger partial charge in [0.2, 0.25) is 0 Å². The molecule has 0 aliphatic heterocycles. The molecule has 64 heavy (non-hydrogen) atoms. The van der Waals surface area contributed by atoms with Crippen LogP contribution in [0.4, 0.5) is 0 Å². The molecule has 0 atom stereocenters. The molecule has 288 valence electrons. The highest BCUT2D eigenvalue weighted by Gasteiger charge is 2.30. The summed E-state index contributed by atoms with van der Waals surface area (Å²) in [6.45, 7) is 0. The molecule has 0 N–H and O–H groups in total. The lowest BCUT2D eigenvalue weighted by atomic mass is 9.59. The van der Waals surface area contributed by atoms with E-state index in [1.807, 2.05) is 0 Å². The van der Waals surface area contributed by atoms with E-state index in [-0.39, 0.29) is 0 Å². The van der Waals surface area contributed by atoms with E-state index >= 15 is 0 Å². The number of para-hydroxylation sites is 2. The lowest BCUT2D eigenvalue weighted by Crippen LogP contribution is -2.56. The molecule has 9 aromatic carbocycles. The maximum absolute atomic E-state index is 5.61. The first kappa shape index (κ1) is 40.8. The van der Waals surface area contributed by atoms with Crippen LogP contribution in [-0.4, -0.2) is 112 Å². The highest BCUT2D eigenvalue weighted by molar-refractivity contribution is 6.72. The molecule has 10 aromatic rings. The van der Waals surface area contributed by atoms with Crippen LogP contribution in [0.5, 0.6) is 0 Å². The summed E-state index contributed by atoms with van der Waals surface area (Å²) in [4.78, 5) is 5.61. The molecule has 0 spiro atoms. The standard InChI is InChI=1S/C49H43B13N2/c50-35-31-29(22-10-3-4-11-25(22)49-63-26-14-5-6-15-27(26)64(49)48-46(61)44(59)43(58)45(60)47(48)62)32-34(38(53)42(57)40(55)36(32)51)30(33(31)37(52)41(56)39(35)54)24-17-16-23-19-9-2-1-8-18(19)20-12-7-13-21(24)28(20)23/h1-17H,50-62H2. The quantitative estimate of drug-likeness (QED) is 0.128. The third-order valence-corrected chi connectivity index (χ3v) is 16.4. The largest absolute Gasteiger partial charge is 0.294 e. The van der Waals surface area contributed by atoms with Crippen LogP contribution < -0.4 is 71.0 Å². The predicted octanol–water partition coefficient (Wildman–Crippen LogP) is -9.51. The normalized spacial score (nSPS) is 11.9. The Morgan fingerprint density at radius 3 is 1.23 bits per heavy atom. The fourth-order valence-corrected chi connectivity index (χ4v) is 11.8. The van der Waals surface area contributed by atoms with E-state index < -0.39 is 0 Å². The van der Waals surface area contributed by atoms with Gasteiger partial charge in [0.25, 0.3) is 0 Å². The van der Waals surface area contributed by atoms with E-state index in [1.165, 1.54) is 154 Å². The van der Waals surface area contributed by atoms with Crippen LogP contribution in [-0.2, 0) is 0 Å². The number of nitrogens with zero attached hydrogens (tertiary/aromatic N) is 2. The van der Waals surface area contributed by atoms with Gasteiger partial charge < -0.3 is 0 Å². The minimum absolute atomic E-state index is 0.972.